The van der Waals surface area contributed by atoms with Gasteiger partial charge in [0, 0.05) is 12.3 Å². The van der Waals surface area contributed by atoms with E-state index in [-0.39, 0.29) is 0 Å². The van der Waals surface area contributed by atoms with E-state index in [1.165, 1.54) is 0 Å². The third kappa shape index (κ3) is 9.53. The summed E-state index contributed by atoms with van der Waals surface area (Å²) in [7, 11) is -17.2. The van der Waals surface area contributed by atoms with Gasteiger partial charge in [-0.05, 0) is 0 Å². The molecule has 0 amide bonds. The van der Waals surface area contributed by atoms with E-state index in [1.54, 1.807) is 5.92 Å². The topological polar surface area (TPSA) is 264 Å². The standard InChI is InChI=1S/C12H18ClN2O15P3/c1-2-8(16)10(18)12(5-13,27-7-15-4-3-9(17)14-11(15)19)6-28-32(23,24)30-33(25,26)29-31(20,21)22/h1,3-4,8,10,16,18H,5-7H2,(H,23,24)(H,25,26)(H,14,17,19)(H2,20,21,22)/t8?,10-,12+/m0/s1. The van der Waals surface area contributed by atoms with Crippen molar-refractivity contribution in [1.82, 2.24) is 9.55 Å². The number of phosphoric acid groups is 3. The maximum Gasteiger partial charge on any atom is 0.490 e. The molecule has 0 spiro atoms. The summed E-state index contributed by atoms with van der Waals surface area (Å²) in [5, 5.41) is 20.1. The summed E-state index contributed by atoms with van der Waals surface area (Å²) in [6.07, 6.45) is 1.80. The van der Waals surface area contributed by atoms with Crippen LogP contribution in [0, 0.1) is 12.3 Å². The van der Waals surface area contributed by atoms with Gasteiger partial charge in [0.2, 0.25) is 0 Å². The van der Waals surface area contributed by atoms with Gasteiger partial charge in [0.25, 0.3) is 5.56 Å². The van der Waals surface area contributed by atoms with Crippen LogP contribution < -0.4 is 11.2 Å². The van der Waals surface area contributed by atoms with Crippen LogP contribution in [-0.4, -0.2) is 69.6 Å². The number of H-pyrrole nitrogens is 1. The zero-order valence-electron chi connectivity index (χ0n) is 16.0. The van der Waals surface area contributed by atoms with Crippen LogP contribution in [0.5, 0.6) is 0 Å². The van der Waals surface area contributed by atoms with Gasteiger partial charge in [-0.15, -0.1) is 18.0 Å². The van der Waals surface area contributed by atoms with Crippen molar-refractivity contribution in [2.75, 3.05) is 12.5 Å². The second kappa shape index (κ2) is 11.5. The minimum atomic E-state index is -5.85. The molecule has 7 N–H and O–H groups in total. The highest BCUT2D eigenvalue weighted by atomic mass is 35.5. The van der Waals surface area contributed by atoms with Gasteiger partial charge in [0.05, 0.1) is 12.5 Å². The summed E-state index contributed by atoms with van der Waals surface area (Å²) in [4.78, 5) is 60.6. The highest BCUT2D eigenvalue weighted by molar-refractivity contribution is 7.66. The van der Waals surface area contributed by atoms with Crippen molar-refractivity contribution in [3.05, 3.63) is 33.1 Å². The second-order valence-electron chi connectivity index (χ2n) is 5.97. The molecule has 0 bridgehead atoms. The van der Waals surface area contributed by atoms with E-state index in [1.807, 2.05) is 4.98 Å². The Labute approximate surface area is 188 Å². The smallest absolute Gasteiger partial charge is 0.386 e. The first-order valence-corrected chi connectivity index (χ1v) is 13.1. The van der Waals surface area contributed by atoms with E-state index in [4.69, 9.17) is 32.5 Å². The lowest BCUT2D eigenvalue weighted by atomic mass is 9.95. The molecule has 0 aliphatic heterocycles. The average Bonchev–Trinajstić information content (AvgIpc) is 2.65. The van der Waals surface area contributed by atoms with Gasteiger partial charge in [-0.1, -0.05) is 5.92 Å². The Morgan fingerprint density at radius 2 is 1.76 bits per heavy atom. The number of hydrogen-bond acceptors (Lipinski definition) is 11. The summed E-state index contributed by atoms with van der Waals surface area (Å²) in [6.45, 7) is -2.10. The number of rotatable bonds is 13. The number of terminal acetylenes is 1. The first-order chi connectivity index (χ1) is 15.0. The molecule has 5 atom stereocenters. The minimum absolute atomic E-state index is 0.739. The molecular formula is C12H18ClN2O15P3. The largest absolute Gasteiger partial charge is 0.490 e. The van der Waals surface area contributed by atoms with Crippen LogP contribution in [-0.2, 0) is 38.3 Å². The van der Waals surface area contributed by atoms with Crippen molar-refractivity contribution in [1.29, 1.82) is 0 Å². The molecule has 188 valence electrons. The van der Waals surface area contributed by atoms with Crippen LogP contribution in [0.25, 0.3) is 0 Å². The Bertz CT molecular complexity index is 1120. The quantitative estimate of drug-likeness (QED) is 0.0798. The number of ether oxygens (including phenoxy) is 1. The number of nitrogens with zero attached hydrogens (tertiary/aromatic N) is 1. The van der Waals surface area contributed by atoms with Crippen molar-refractivity contribution in [3.63, 3.8) is 0 Å². The molecule has 1 aromatic rings. The minimum Gasteiger partial charge on any atom is -0.386 e. The lowest BCUT2D eigenvalue weighted by Crippen LogP contribution is -2.55. The number of phosphoric ester groups is 1. The Balaban J connectivity index is 3.16. The molecule has 21 heteroatoms. The number of nitrogens with one attached hydrogen (secondary N) is 1. The van der Waals surface area contributed by atoms with Gasteiger partial charge in [0.15, 0.2) is 0 Å². The van der Waals surface area contributed by atoms with Crippen molar-refractivity contribution in [3.8, 4) is 12.3 Å². The van der Waals surface area contributed by atoms with E-state index < -0.39 is 71.7 Å². The van der Waals surface area contributed by atoms with Crippen molar-refractivity contribution in [2.45, 2.75) is 24.5 Å². The number of aliphatic hydroxyl groups is 2. The lowest BCUT2D eigenvalue weighted by Gasteiger charge is -2.37. The van der Waals surface area contributed by atoms with Crippen molar-refractivity contribution in [2.24, 2.45) is 0 Å². The van der Waals surface area contributed by atoms with Crippen molar-refractivity contribution < 1.29 is 61.4 Å². The first-order valence-electron chi connectivity index (χ1n) is 8.06. The molecule has 0 aliphatic carbocycles. The molecule has 0 aliphatic rings. The number of hydrogen-bond donors (Lipinski definition) is 7. The number of aromatic nitrogens is 2. The lowest BCUT2D eigenvalue weighted by molar-refractivity contribution is -0.173. The fourth-order valence-corrected chi connectivity index (χ4v) is 5.37. The van der Waals surface area contributed by atoms with Crippen LogP contribution in [0.15, 0.2) is 21.9 Å². The van der Waals surface area contributed by atoms with Gasteiger partial charge < -0.3 is 34.5 Å². The molecule has 1 aromatic heterocycles. The Kier molecular flexibility index (Phi) is 10.4. The predicted molar refractivity (Wildman–Crippen MR) is 107 cm³/mol. The molecule has 3 unspecified atom stereocenters. The molecular weight excluding hydrogens is 541 g/mol. The van der Waals surface area contributed by atoms with Crippen LogP contribution in [0.3, 0.4) is 0 Å². The van der Waals surface area contributed by atoms with Gasteiger partial charge in [-0.2, -0.15) is 8.62 Å². The monoisotopic (exact) mass is 558 g/mol. The zero-order chi connectivity index (χ0) is 25.7. The number of halogens is 1. The van der Waals surface area contributed by atoms with E-state index in [9.17, 15) is 43.3 Å². The van der Waals surface area contributed by atoms with Gasteiger partial charge >= 0.3 is 29.2 Å². The van der Waals surface area contributed by atoms with Crippen LogP contribution in [0.1, 0.15) is 0 Å². The fraction of sp³-hybridized carbons (Fsp3) is 0.500. The summed E-state index contributed by atoms with van der Waals surface area (Å²) < 4.78 is 51.6. The van der Waals surface area contributed by atoms with Crippen LogP contribution in [0.2, 0.25) is 0 Å². The van der Waals surface area contributed by atoms with Gasteiger partial charge in [-0.25, -0.2) is 18.5 Å². The second-order valence-corrected chi connectivity index (χ2v) is 10.7. The molecule has 33 heavy (non-hydrogen) atoms. The van der Waals surface area contributed by atoms with Crippen molar-refractivity contribution >= 4 is 35.1 Å². The van der Waals surface area contributed by atoms with Gasteiger partial charge in [0.1, 0.15) is 24.5 Å². The summed E-state index contributed by atoms with van der Waals surface area (Å²) in [5.74, 6) is 0.877. The molecule has 0 saturated heterocycles. The highest BCUT2D eigenvalue weighted by Gasteiger charge is 2.47. The molecule has 1 heterocycles. The Morgan fingerprint density at radius 3 is 2.24 bits per heavy atom. The fourth-order valence-electron chi connectivity index (χ4n) is 1.99. The zero-order valence-corrected chi connectivity index (χ0v) is 19.5. The van der Waals surface area contributed by atoms with Crippen LogP contribution in [0.4, 0.5) is 0 Å². The predicted octanol–water partition coefficient (Wildman–Crippen LogP) is -1.81. The van der Waals surface area contributed by atoms with Crippen LogP contribution >= 0.6 is 35.1 Å². The van der Waals surface area contributed by atoms with E-state index in [0.29, 0.717) is 0 Å². The van der Waals surface area contributed by atoms with E-state index >= 15 is 0 Å². The molecule has 1 rings (SSSR count). The maximum absolute atomic E-state index is 12.0. The Morgan fingerprint density at radius 1 is 1.15 bits per heavy atom. The Hall–Kier alpha value is -1.18. The number of aromatic amines is 1. The summed E-state index contributed by atoms with van der Waals surface area (Å²) in [6, 6.07) is 0.923. The number of aliphatic hydroxyl groups excluding tert-OH is 2. The maximum atomic E-state index is 12.0. The molecule has 0 fully saturated rings. The summed E-state index contributed by atoms with van der Waals surface area (Å²) in [5.41, 5.74) is -4.13. The molecule has 0 aromatic carbocycles. The summed E-state index contributed by atoms with van der Waals surface area (Å²) >= 11 is 5.77. The first kappa shape index (κ1) is 29.9. The van der Waals surface area contributed by atoms with E-state index in [2.05, 4.69) is 13.1 Å². The average molecular weight is 559 g/mol. The molecule has 0 radical (unpaired) electrons. The third-order valence-corrected chi connectivity index (χ3v) is 7.75. The normalized spacial score (nSPS) is 19.5. The van der Waals surface area contributed by atoms with Gasteiger partial charge in [-0.3, -0.25) is 18.9 Å². The number of alkyl halides is 1. The van der Waals surface area contributed by atoms with E-state index in [0.717, 1.165) is 16.8 Å². The SMILES string of the molecule is C#CC(O)[C@H](O)[C@@](CCl)(COP(=O)(O)OP(=O)(O)OP(=O)(O)O)OCn1ccc(=O)[nH]c1=O. The molecule has 0 saturated carbocycles. The molecule has 17 nitrogen and oxygen atoms in total. The third-order valence-electron chi connectivity index (χ3n) is 3.51. The highest BCUT2D eigenvalue weighted by Crippen LogP contribution is 2.66.